The molecule has 112 valence electrons. The summed E-state index contributed by atoms with van der Waals surface area (Å²) in [6.07, 6.45) is 6.34. The van der Waals surface area contributed by atoms with Crippen LogP contribution in [0, 0.1) is 5.92 Å². The highest BCUT2D eigenvalue weighted by Gasteiger charge is 2.32. The molecule has 3 aromatic heterocycles. The predicted octanol–water partition coefficient (Wildman–Crippen LogP) is 1.61. The summed E-state index contributed by atoms with van der Waals surface area (Å²) in [5, 5.41) is 5.24. The lowest BCUT2D eigenvalue weighted by molar-refractivity contribution is 0.0489. The van der Waals surface area contributed by atoms with Crippen molar-refractivity contribution in [1.82, 2.24) is 24.6 Å². The Morgan fingerprint density at radius 2 is 2.18 bits per heavy atom. The number of H-pyrrole nitrogens is 1. The Hall–Kier alpha value is -2.63. The number of nitrogens with one attached hydrogen (secondary N) is 1. The normalized spacial score (nSPS) is 15.2. The number of aromatic amines is 1. The van der Waals surface area contributed by atoms with Gasteiger partial charge in [-0.15, -0.1) is 0 Å². The van der Waals surface area contributed by atoms with Gasteiger partial charge >= 0.3 is 0 Å². The summed E-state index contributed by atoms with van der Waals surface area (Å²) < 4.78 is 1.62. The number of pyridine rings is 1. The Balaban J connectivity index is 1.43. The molecule has 0 aliphatic carbocycles. The van der Waals surface area contributed by atoms with Crippen molar-refractivity contribution in [3.63, 3.8) is 0 Å². The monoisotopic (exact) mass is 295 g/mol. The van der Waals surface area contributed by atoms with Gasteiger partial charge < -0.3 is 9.88 Å². The van der Waals surface area contributed by atoms with E-state index in [-0.39, 0.29) is 5.91 Å². The van der Waals surface area contributed by atoms with Crippen LogP contribution in [0.25, 0.3) is 10.9 Å². The molecule has 1 N–H and O–H groups in total. The SMILES string of the molecule is Cn1nccc1C(=O)N1CC(Cc2nccc3cc[nH]c23)C1. The summed E-state index contributed by atoms with van der Waals surface area (Å²) >= 11 is 0. The van der Waals surface area contributed by atoms with Crippen LogP contribution >= 0.6 is 0 Å². The molecule has 4 rings (SSSR count). The fourth-order valence-electron chi connectivity index (χ4n) is 3.08. The lowest BCUT2D eigenvalue weighted by Gasteiger charge is -2.39. The molecule has 1 aliphatic rings. The number of aryl methyl sites for hydroxylation is 1. The summed E-state index contributed by atoms with van der Waals surface area (Å²) in [4.78, 5) is 21.9. The third-order valence-electron chi connectivity index (χ3n) is 4.32. The van der Waals surface area contributed by atoms with E-state index in [1.165, 1.54) is 5.39 Å². The van der Waals surface area contributed by atoms with Crippen LogP contribution in [0.3, 0.4) is 0 Å². The van der Waals surface area contributed by atoms with Crippen molar-refractivity contribution < 1.29 is 4.79 Å². The van der Waals surface area contributed by atoms with E-state index in [1.807, 2.05) is 23.4 Å². The molecule has 0 atom stereocenters. The zero-order chi connectivity index (χ0) is 15.1. The number of fused-ring (bicyclic) bond motifs is 1. The first kappa shape index (κ1) is 13.1. The molecule has 22 heavy (non-hydrogen) atoms. The van der Waals surface area contributed by atoms with E-state index in [0.29, 0.717) is 11.6 Å². The standard InChI is InChI=1S/C16H17N5O/c1-20-14(4-7-19-20)16(22)21-9-11(10-21)8-13-15-12(2-5-17-13)3-6-18-15/h2-7,11,18H,8-10H2,1H3. The minimum absolute atomic E-state index is 0.0577. The molecule has 0 bridgehead atoms. The zero-order valence-corrected chi connectivity index (χ0v) is 12.4. The Labute approximate surface area is 127 Å². The van der Waals surface area contributed by atoms with Gasteiger partial charge in [-0.1, -0.05) is 0 Å². The largest absolute Gasteiger partial charge is 0.360 e. The lowest BCUT2D eigenvalue weighted by Crippen LogP contribution is -2.51. The van der Waals surface area contributed by atoms with Gasteiger partial charge in [0.25, 0.3) is 5.91 Å². The number of carbonyl (C=O) groups is 1. The average Bonchev–Trinajstić information content (AvgIpc) is 3.10. The van der Waals surface area contributed by atoms with Gasteiger partial charge in [-0.05, 0) is 30.5 Å². The van der Waals surface area contributed by atoms with Gasteiger partial charge in [0.15, 0.2) is 0 Å². The van der Waals surface area contributed by atoms with Crippen LogP contribution in [0.5, 0.6) is 0 Å². The number of aromatic nitrogens is 4. The zero-order valence-electron chi connectivity index (χ0n) is 12.4. The van der Waals surface area contributed by atoms with Gasteiger partial charge in [0.2, 0.25) is 0 Å². The van der Waals surface area contributed by atoms with E-state index in [9.17, 15) is 4.79 Å². The summed E-state index contributed by atoms with van der Waals surface area (Å²) in [5.41, 5.74) is 2.84. The number of hydrogen-bond donors (Lipinski definition) is 1. The molecule has 1 fully saturated rings. The van der Waals surface area contributed by atoms with Gasteiger partial charge in [-0.2, -0.15) is 5.10 Å². The number of rotatable bonds is 3. The third kappa shape index (κ3) is 2.07. The summed E-state index contributed by atoms with van der Waals surface area (Å²) in [6.45, 7) is 1.56. The van der Waals surface area contributed by atoms with Crippen molar-refractivity contribution in [1.29, 1.82) is 0 Å². The molecule has 1 aliphatic heterocycles. The van der Waals surface area contributed by atoms with Crippen molar-refractivity contribution in [2.45, 2.75) is 6.42 Å². The molecule has 0 spiro atoms. The molecular formula is C16H17N5O. The van der Waals surface area contributed by atoms with Crippen LogP contribution in [-0.2, 0) is 13.5 Å². The fraction of sp³-hybridized carbons (Fsp3) is 0.312. The second kappa shape index (κ2) is 4.98. The van der Waals surface area contributed by atoms with Crippen molar-refractivity contribution >= 4 is 16.8 Å². The van der Waals surface area contributed by atoms with Gasteiger partial charge in [-0.3, -0.25) is 14.5 Å². The third-order valence-corrected chi connectivity index (χ3v) is 4.32. The van der Waals surface area contributed by atoms with Crippen molar-refractivity contribution in [2.75, 3.05) is 13.1 Å². The predicted molar refractivity (Wildman–Crippen MR) is 82.4 cm³/mol. The van der Waals surface area contributed by atoms with Crippen LogP contribution < -0.4 is 0 Å². The minimum atomic E-state index is 0.0577. The van der Waals surface area contributed by atoms with Crippen LogP contribution in [0.1, 0.15) is 16.2 Å². The van der Waals surface area contributed by atoms with Crippen molar-refractivity contribution in [3.8, 4) is 0 Å². The highest BCUT2D eigenvalue weighted by atomic mass is 16.2. The van der Waals surface area contributed by atoms with Crippen molar-refractivity contribution in [3.05, 3.63) is 48.2 Å². The summed E-state index contributed by atoms with van der Waals surface area (Å²) in [7, 11) is 1.79. The molecule has 3 aromatic rings. The molecular weight excluding hydrogens is 278 g/mol. The van der Waals surface area contributed by atoms with Gasteiger partial charge in [0.1, 0.15) is 5.69 Å². The van der Waals surface area contributed by atoms with Gasteiger partial charge in [0, 0.05) is 44.1 Å². The Morgan fingerprint density at radius 1 is 1.32 bits per heavy atom. The second-order valence-corrected chi connectivity index (χ2v) is 5.82. The Bertz CT molecular complexity index is 828. The number of hydrogen-bond acceptors (Lipinski definition) is 3. The average molecular weight is 295 g/mol. The molecule has 6 nitrogen and oxygen atoms in total. The van der Waals surface area contributed by atoms with E-state index < -0.39 is 0 Å². The smallest absolute Gasteiger partial charge is 0.272 e. The molecule has 0 saturated carbocycles. The van der Waals surface area contributed by atoms with Crippen LogP contribution in [0.2, 0.25) is 0 Å². The number of likely N-dealkylation sites (tertiary alicyclic amines) is 1. The molecule has 0 aromatic carbocycles. The van der Waals surface area contributed by atoms with Crippen LogP contribution in [-0.4, -0.2) is 43.6 Å². The molecule has 1 saturated heterocycles. The van der Waals surface area contributed by atoms with Gasteiger partial charge in [-0.25, -0.2) is 0 Å². The molecule has 4 heterocycles. The molecule has 0 unspecified atom stereocenters. The van der Waals surface area contributed by atoms with Gasteiger partial charge in [0.05, 0.1) is 11.2 Å². The highest BCUT2D eigenvalue weighted by molar-refractivity contribution is 5.93. The Morgan fingerprint density at radius 3 is 2.95 bits per heavy atom. The molecule has 6 heteroatoms. The molecule has 1 amide bonds. The summed E-state index contributed by atoms with van der Waals surface area (Å²) in [6, 6.07) is 5.82. The van der Waals surface area contributed by atoms with E-state index in [1.54, 1.807) is 24.0 Å². The van der Waals surface area contributed by atoms with E-state index in [4.69, 9.17) is 0 Å². The van der Waals surface area contributed by atoms with Crippen molar-refractivity contribution in [2.24, 2.45) is 13.0 Å². The maximum absolute atomic E-state index is 12.3. The maximum Gasteiger partial charge on any atom is 0.272 e. The lowest BCUT2D eigenvalue weighted by atomic mass is 9.93. The highest BCUT2D eigenvalue weighted by Crippen LogP contribution is 2.24. The number of carbonyl (C=O) groups excluding carboxylic acids is 1. The van der Waals surface area contributed by atoms with E-state index >= 15 is 0 Å². The number of nitrogens with zero attached hydrogens (tertiary/aromatic N) is 4. The first-order valence-corrected chi connectivity index (χ1v) is 7.40. The fourth-order valence-corrected chi connectivity index (χ4v) is 3.08. The van der Waals surface area contributed by atoms with Crippen LogP contribution in [0.15, 0.2) is 36.8 Å². The first-order valence-electron chi connectivity index (χ1n) is 7.40. The van der Waals surface area contributed by atoms with E-state index in [0.717, 1.165) is 30.7 Å². The minimum Gasteiger partial charge on any atom is -0.360 e. The van der Waals surface area contributed by atoms with Crippen LogP contribution in [0.4, 0.5) is 0 Å². The quantitative estimate of drug-likeness (QED) is 0.798. The van der Waals surface area contributed by atoms with E-state index in [2.05, 4.69) is 21.1 Å². The Kier molecular flexibility index (Phi) is 2.96. The topological polar surface area (TPSA) is 66.8 Å². The maximum atomic E-state index is 12.3. The number of amides is 1. The molecule has 0 radical (unpaired) electrons. The second-order valence-electron chi connectivity index (χ2n) is 5.82. The first-order chi connectivity index (χ1) is 10.7. The summed E-state index contributed by atoms with van der Waals surface area (Å²) in [5.74, 6) is 0.529.